The monoisotopic (exact) mass is 417 g/mol. The molecule has 9 heteroatoms. The molecular weight excluding hydrogens is 394 g/mol. The zero-order valence-electron chi connectivity index (χ0n) is 16.0. The molecule has 0 aliphatic rings. The third kappa shape index (κ3) is 6.94. The molecule has 148 valence electrons. The molecule has 0 spiro atoms. The summed E-state index contributed by atoms with van der Waals surface area (Å²) in [5.74, 6) is 0.629. The van der Waals surface area contributed by atoms with E-state index in [1.807, 2.05) is 26.0 Å². The summed E-state index contributed by atoms with van der Waals surface area (Å²) in [5, 5.41) is 20.1. The van der Waals surface area contributed by atoms with Crippen molar-refractivity contribution < 1.29 is 9.59 Å². The lowest BCUT2D eigenvalue weighted by atomic mass is 10.2. The number of hydrogen-bond donors (Lipinski definition) is 1. The van der Waals surface area contributed by atoms with E-state index in [1.54, 1.807) is 17.0 Å². The minimum absolute atomic E-state index is 0.0789. The smallest absolute Gasteiger partial charge is 0.226 e. The molecule has 0 radical (unpaired) electrons. The summed E-state index contributed by atoms with van der Waals surface area (Å²) in [5.41, 5.74) is 1.72. The molecule has 2 rings (SSSR count). The molecule has 0 saturated carbocycles. The van der Waals surface area contributed by atoms with Crippen LogP contribution < -0.4 is 5.32 Å². The number of benzene rings is 1. The minimum atomic E-state index is -0.160. The van der Waals surface area contributed by atoms with Crippen molar-refractivity contribution in [3.8, 4) is 6.07 Å². The number of nitrogens with zero attached hydrogens (tertiary/aromatic N) is 4. The highest BCUT2D eigenvalue weighted by atomic mass is 32.2. The van der Waals surface area contributed by atoms with Crippen molar-refractivity contribution >= 4 is 40.0 Å². The standard InChI is InChI=1S/C19H23N5O2S2/c1-3-24(4-2)17(26)7-5-6-16(25)21-18-22-23-19(28-18)27-13-15-10-8-14(12-20)9-11-15/h8-11H,3-7,13H2,1-2H3,(H,21,22,25). The second-order valence-corrected chi connectivity index (χ2v) is 8.14. The highest BCUT2D eigenvalue weighted by Crippen LogP contribution is 2.28. The maximum atomic E-state index is 12.0. The fraction of sp³-hybridized carbons (Fsp3) is 0.421. The molecule has 0 atom stereocenters. The molecule has 0 aliphatic heterocycles. The van der Waals surface area contributed by atoms with Gasteiger partial charge in [0, 0.05) is 31.7 Å². The number of rotatable bonds is 10. The minimum Gasteiger partial charge on any atom is -0.343 e. The van der Waals surface area contributed by atoms with Crippen molar-refractivity contribution in [3.63, 3.8) is 0 Å². The summed E-state index contributed by atoms with van der Waals surface area (Å²) < 4.78 is 0.761. The first-order valence-electron chi connectivity index (χ1n) is 9.08. The first kappa shape index (κ1) is 21.9. The van der Waals surface area contributed by atoms with Crippen LogP contribution in [0, 0.1) is 11.3 Å². The summed E-state index contributed by atoms with van der Waals surface area (Å²) in [6.07, 6.45) is 1.16. The molecule has 28 heavy (non-hydrogen) atoms. The number of amides is 2. The normalized spacial score (nSPS) is 10.3. The van der Waals surface area contributed by atoms with Gasteiger partial charge in [-0.25, -0.2) is 0 Å². The van der Waals surface area contributed by atoms with Gasteiger partial charge in [-0.2, -0.15) is 5.26 Å². The topological polar surface area (TPSA) is 99.0 Å². The van der Waals surface area contributed by atoms with E-state index >= 15 is 0 Å². The van der Waals surface area contributed by atoms with Gasteiger partial charge in [0.1, 0.15) is 0 Å². The van der Waals surface area contributed by atoms with Crippen molar-refractivity contribution in [1.29, 1.82) is 5.26 Å². The van der Waals surface area contributed by atoms with E-state index in [0.717, 1.165) is 9.90 Å². The van der Waals surface area contributed by atoms with Crippen LogP contribution in [0.15, 0.2) is 28.6 Å². The summed E-state index contributed by atoms with van der Waals surface area (Å²) in [6.45, 7) is 5.27. The van der Waals surface area contributed by atoms with Gasteiger partial charge in [-0.15, -0.1) is 10.2 Å². The average molecular weight is 418 g/mol. The highest BCUT2D eigenvalue weighted by Gasteiger charge is 2.12. The molecule has 0 saturated heterocycles. The van der Waals surface area contributed by atoms with Crippen molar-refractivity contribution in [3.05, 3.63) is 35.4 Å². The van der Waals surface area contributed by atoms with Crippen LogP contribution in [0.4, 0.5) is 5.13 Å². The maximum Gasteiger partial charge on any atom is 0.226 e. The Morgan fingerprint density at radius 3 is 2.54 bits per heavy atom. The second-order valence-electron chi connectivity index (χ2n) is 5.94. The first-order valence-corrected chi connectivity index (χ1v) is 10.9. The van der Waals surface area contributed by atoms with Crippen LogP contribution in [0.25, 0.3) is 0 Å². The summed E-state index contributed by atoms with van der Waals surface area (Å²) in [6, 6.07) is 9.48. The third-order valence-corrected chi connectivity index (χ3v) is 6.05. The van der Waals surface area contributed by atoms with E-state index in [2.05, 4.69) is 21.6 Å². The number of hydrogen-bond acceptors (Lipinski definition) is 7. The Morgan fingerprint density at radius 2 is 1.89 bits per heavy atom. The number of carbonyl (C=O) groups excluding carboxylic acids is 2. The van der Waals surface area contributed by atoms with Gasteiger partial charge in [-0.1, -0.05) is 35.2 Å². The van der Waals surface area contributed by atoms with Crippen molar-refractivity contribution in [1.82, 2.24) is 15.1 Å². The number of anilines is 1. The third-order valence-electron chi connectivity index (χ3n) is 4.01. The summed E-state index contributed by atoms with van der Waals surface area (Å²) in [4.78, 5) is 25.7. The second kappa shape index (κ2) is 11.4. The van der Waals surface area contributed by atoms with Crippen LogP contribution in [0.5, 0.6) is 0 Å². The van der Waals surface area contributed by atoms with Crippen molar-refractivity contribution in [2.24, 2.45) is 0 Å². The lowest BCUT2D eigenvalue weighted by Crippen LogP contribution is -2.30. The van der Waals surface area contributed by atoms with Gasteiger partial charge in [0.15, 0.2) is 4.34 Å². The zero-order valence-corrected chi connectivity index (χ0v) is 17.6. The van der Waals surface area contributed by atoms with E-state index in [-0.39, 0.29) is 18.2 Å². The highest BCUT2D eigenvalue weighted by molar-refractivity contribution is 8.00. The molecule has 2 amide bonds. The fourth-order valence-corrected chi connectivity index (χ4v) is 4.18. The van der Waals surface area contributed by atoms with Gasteiger partial charge in [0.05, 0.1) is 11.6 Å². The summed E-state index contributed by atoms with van der Waals surface area (Å²) >= 11 is 2.85. The Labute approximate surface area is 173 Å². The predicted molar refractivity (Wildman–Crippen MR) is 111 cm³/mol. The number of thioether (sulfide) groups is 1. The molecule has 7 nitrogen and oxygen atoms in total. The van der Waals surface area contributed by atoms with E-state index in [4.69, 9.17) is 5.26 Å². The van der Waals surface area contributed by atoms with Crippen LogP contribution in [-0.2, 0) is 15.3 Å². The quantitative estimate of drug-likeness (QED) is 0.468. The van der Waals surface area contributed by atoms with Crippen LogP contribution in [0.2, 0.25) is 0 Å². The van der Waals surface area contributed by atoms with E-state index in [1.165, 1.54) is 23.1 Å². The molecule has 2 aromatic rings. The molecule has 1 aromatic carbocycles. The Bertz CT molecular complexity index is 826. The Kier molecular flexibility index (Phi) is 8.91. The number of nitriles is 1. The lowest BCUT2D eigenvalue weighted by Gasteiger charge is -2.18. The van der Waals surface area contributed by atoms with Gasteiger partial charge >= 0.3 is 0 Å². The Balaban J connectivity index is 1.73. The van der Waals surface area contributed by atoms with Gasteiger partial charge < -0.3 is 10.2 Å². The van der Waals surface area contributed by atoms with Gasteiger partial charge in [-0.3, -0.25) is 9.59 Å². The van der Waals surface area contributed by atoms with E-state index < -0.39 is 0 Å². The Hall–Kier alpha value is -2.44. The molecular formula is C19H23N5O2S2. The number of aromatic nitrogens is 2. The fourth-order valence-electron chi connectivity index (χ4n) is 2.46. The predicted octanol–water partition coefficient (Wildman–Crippen LogP) is 3.68. The zero-order chi connectivity index (χ0) is 20.4. The SMILES string of the molecule is CCN(CC)C(=O)CCCC(=O)Nc1nnc(SCc2ccc(C#N)cc2)s1. The average Bonchev–Trinajstić information content (AvgIpc) is 3.15. The van der Waals surface area contributed by atoms with Crippen LogP contribution in [0.1, 0.15) is 44.2 Å². The van der Waals surface area contributed by atoms with E-state index in [0.29, 0.717) is 42.4 Å². The molecule has 0 aliphatic carbocycles. The lowest BCUT2D eigenvalue weighted by molar-refractivity contribution is -0.130. The van der Waals surface area contributed by atoms with Gasteiger partial charge in [-0.05, 0) is 38.0 Å². The molecule has 1 aromatic heterocycles. The largest absolute Gasteiger partial charge is 0.343 e. The van der Waals surface area contributed by atoms with Gasteiger partial charge in [0.25, 0.3) is 0 Å². The molecule has 0 fully saturated rings. The van der Waals surface area contributed by atoms with Crippen molar-refractivity contribution in [2.45, 2.75) is 43.2 Å². The Morgan fingerprint density at radius 1 is 1.18 bits per heavy atom. The van der Waals surface area contributed by atoms with Gasteiger partial charge in [0.2, 0.25) is 16.9 Å². The number of nitrogens with one attached hydrogen (secondary N) is 1. The van der Waals surface area contributed by atoms with E-state index in [9.17, 15) is 9.59 Å². The van der Waals surface area contributed by atoms with Crippen LogP contribution >= 0.6 is 23.1 Å². The molecule has 0 bridgehead atoms. The molecule has 1 heterocycles. The molecule has 1 N–H and O–H groups in total. The maximum absolute atomic E-state index is 12.0. The first-order chi connectivity index (χ1) is 13.5. The van der Waals surface area contributed by atoms with Crippen LogP contribution in [-0.4, -0.2) is 40.0 Å². The number of carbonyl (C=O) groups is 2. The summed E-state index contributed by atoms with van der Waals surface area (Å²) in [7, 11) is 0. The van der Waals surface area contributed by atoms with Crippen molar-refractivity contribution in [2.75, 3.05) is 18.4 Å². The molecule has 0 unspecified atom stereocenters. The van der Waals surface area contributed by atoms with Crippen LogP contribution in [0.3, 0.4) is 0 Å².